The molecule has 0 bridgehead atoms. The molecule has 9 heteroatoms. The SMILES string of the molecule is CC(=O)N[C@H]1[C@@H](CN=[N+]=[N-])OC(=O)[C@@H]1NC(C)=O. The molecular weight excluding hydrogens is 242 g/mol. The molecule has 2 amide bonds. The zero-order chi connectivity index (χ0) is 13.7. The van der Waals surface area contributed by atoms with Crippen LogP contribution in [0, 0.1) is 0 Å². The molecule has 0 aromatic heterocycles. The molecule has 0 aromatic rings. The van der Waals surface area contributed by atoms with Crippen LogP contribution in [0.5, 0.6) is 0 Å². The third-order valence-electron chi connectivity index (χ3n) is 2.33. The van der Waals surface area contributed by atoms with E-state index < -0.39 is 30.1 Å². The monoisotopic (exact) mass is 255 g/mol. The van der Waals surface area contributed by atoms with Crippen LogP contribution in [0.4, 0.5) is 0 Å². The van der Waals surface area contributed by atoms with Gasteiger partial charge in [0.2, 0.25) is 11.8 Å². The Morgan fingerprint density at radius 3 is 2.50 bits per heavy atom. The summed E-state index contributed by atoms with van der Waals surface area (Å²) in [6.45, 7) is 2.42. The van der Waals surface area contributed by atoms with E-state index in [4.69, 9.17) is 10.3 Å². The first kappa shape index (κ1) is 13.8. The van der Waals surface area contributed by atoms with Crippen LogP contribution in [0.25, 0.3) is 10.4 Å². The second-order valence-electron chi connectivity index (χ2n) is 3.79. The average Bonchev–Trinajstić information content (AvgIpc) is 2.53. The number of hydrogen-bond donors (Lipinski definition) is 2. The third kappa shape index (κ3) is 3.36. The van der Waals surface area contributed by atoms with Gasteiger partial charge in [0.05, 0.1) is 12.6 Å². The van der Waals surface area contributed by atoms with Gasteiger partial charge in [0.1, 0.15) is 6.10 Å². The third-order valence-corrected chi connectivity index (χ3v) is 2.33. The molecule has 2 N–H and O–H groups in total. The smallest absolute Gasteiger partial charge is 0.331 e. The Balaban J connectivity index is 2.86. The van der Waals surface area contributed by atoms with Crippen molar-refractivity contribution >= 4 is 17.8 Å². The molecule has 18 heavy (non-hydrogen) atoms. The van der Waals surface area contributed by atoms with Crippen molar-refractivity contribution < 1.29 is 19.1 Å². The molecule has 0 unspecified atom stereocenters. The molecule has 98 valence electrons. The van der Waals surface area contributed by atoms with Crippen molar-refractivity contribution in [3.05, 3.63) is 10.4 Å². The van der Waals surface area contributed by atoms with Crippen LogP contribution in [0.3, 0.4) is 0 Å². The first-order valence-corrected chi connectivity index (χ1v) is 5.21. The lowest BCUT2D eigenvalue weighted by atomic mass is 10.1. The number of hydrogen-bond acceptors (Lipinski definition) is 5. The van der Waals surface area contributed by atoms with E-state index in [0.717, 1.165) is 0 Å². The van der Waals surface area contributed by atoms with Gasteiger partial charge < -0.3 is 15.4 Å². The van der Waals surface area contributed by atoms with Crippen molar-refractivity contribution in [1.29, 1.82) is 0 Å². The fourth-order valence-electron chi connectivity index (χ4n) is 1.70. The Hall–Kier alpha value is -2.28. The summed E-state index contributed by atoms with van der Waals surface area (Å²) in [5, 5.41) is 8.19. The summed E-state index contributed by atoms with van der Waals surface area (Å²) in [7, 11) is 0. The highest BCUT2D eigenvalue weighted by atomic mass is 16.6. The second kappa shape index (κ2) is 5.87. The van der Waals surface area contributed by atoms with Gasteiger partial charge >= 0.3 is 5.97 Å². The molecule has 0 spiro atoms. The van der Waals surface area contributed by atoms with E-state index in [-0.39, 0.29) is 12.5 Å². The quantitative estimate of drug-likeness (QED) is 0.295. The molecule has 0 aliphatic carbocycles. The predicted octanol–water partition coefficient (Wildman–Crippen LogP) is -0.769. The number of carbonyl (C=O) groups excluding carboxylic acids is 3. The maximum absolute atomic E-state index is 11.6. The van der Waals surface area contributed by atoms with E-state index in [9.17, 15) is 14.4 Å². The first-order chi connectivity index (χ1) is 8.45. The van der Waals surface area contributed by atoms with Gasteiger partial charge in [-0.15, -0.1) is 0 Å². The number of carbonyl (C=O) groups is 3. The van der Waals surface area contributed by atoms with Gasteiger partial charge in [0.25, 0.3) is 0 Å². The molecule has 1 aliphatic heterocycles. The summed E-state index contributed by atoms with van der Waals surface area (Å²) in [5.74, 6) is -1.46. The van der Waals surface area contributed by atoms with Crippen molar-refractivity contribution in [3.63, 3.8) is 0 Å². The van der Waals surface area contributed by atoms with Gasteiger partial charge in [0.15, 0.2) is 6.04 Å². The molecule has 1 saturated heterocycles. The zero-order valence-electron chi connectivity index (χ0n) is 9.91. The highest BCUT2D eigenvalue weighted by Crippen LogP contribution is 2.17. The largest absolute Gasteiger partial charge is 0.458 e. The minimum atomic E-state index is -0.967. The molecule has 9 nitrogen and oxygen atoms in total. The highest BCUT2D eigenvalue weighted by molar-refractivity contribution is 5.87. The summed E-state index contributed by atoms with van der Waals surface area (Å²) in [4.78, 5) is 36.2. The lowest BCUT2D eigenvalue weighted by Crippen LogP contribution is -2.54. The number of nitrogens with zero attached hydrogens (tertiary/aromatic N) is 3. The van der Waals surface area contributed by atoms with Gasteiger partial charge in [-0.2, -0.15) is 0 Å². The predicted molar refractivity (Wildman–Crippen MR) is 59.1 cm³/mol. The maximum atomic E-state index is 11.6. The standard InChI is InChI=1S/C9H13N5O4/c1-4(15)12-7-6(3-11-14-10)18-9(17)8(7)13-5(2)16/h6-8H,3H2,1-2H3,(H,12,15)(H,13,16)/t6-,7+,8-/m1/s1. The molecule has 0 saturated carbocycles. The van der Waals surface area contributed by atoms with Crippen molar-refractivity contribution in [3.8, 4) is 0 Å². The van der Waals surface area contributed by atoms with E-state index in [0.29, 0.717) is 0 Å². The van der Waals surface area contributed by atoms with Crippen LogP contribution in [0.15, 0.2) is 5.11 Å². The van der Waals surface area contributed by atoms with Gasteiger partial charge in [-0.25, -0.2) is 4.79 Å². The number of amides is 2. The van der Waals surface area contributed by atoms with Crippen molar-refractivity contribution in [1.82, 2.24) is 10.6 Å². The molecule has 1 heterocycles. The van der Waals surface area contributed by atoms with Crippen LogP contribution in [-0.2, 0) is 19.1 Å². The number of ether oxygens (including phenoxy) is 1. The maximum Gasteiger partial charge on any atom is 0.331 e. The Kier molecular flexibility index (Phi) is 4.50. The number of azide groups is 1. The number of rotatable bonds is 4. The van der Waals surface area contributed by atoms with Crippen LogP contribution in [-0.4, -0.2) is 42.5 Å². The lowest BCUT2D eigenvalue weighted by Gasteiger charge is -2.20. The van der Waals surface area contributed by atoms with Crippen LogP contribution in [0.1, 0.15) is 13.8 Å². The minimum absolute atomic E-state index is 0.108. The van der Waals surface area contributed by atoms with Crippen molar-refractivity contribution in [2.45, 2.75) is 32.0 Å². The van der Waals surface area contributed by atoms with Crippen molar-refractivity contribution in [2.75, 3.05) is 6.54 Å². The van der Waals surface area contributed by atoms with Gasteiger partial charge in [0, 0.05) is 18.8 Å². The topological polar surface area (TPSA) is 133 Å². The van der Waals surface area contributed by atoms with Crippen molar-refractivity contribution in [2.24, 2.45) is 5.11 Å². The molecule has 1 rings (SSSR count). The van der Waals surface area contributed by atoms with Crippen LogP contribution >= 0.6 is 0 Å². The van der Waals surface area contributed by atoms with Gasteiger partial charge in [-0.1, -0.05) is 5.11 Å². The van der Waals surface area contributed by atoms with Crippen LogP contribution < -0.4 is 10.6 Å². The molecule has 0 radical (unpaired) electrons. The van der Waals surface area contributed by atoms with E-state index >= 15 is 0 Å². The normalized spacial score (nSPS) is 25.9. The number of cyclic esters (lactones) is 1. The molecule has 1 aliphatic rings. The van der Waals surface area contributed by atoms with Gasteiger partial charge in [-0.05, 0) is 5.53 Å². The molecule has 0 aromatic carbocycles. The summed E-state index contributed by atoms with van der Waals surface area (Å²) in [6.07, 6.45) is -0.783. The Morgan fingerprint density at radius 2 is 2.00 bits per heavy atom. The fraction of sp³-hybridized carbons (Fsp3) is 0.667. The fourth-order valence-corrected chi connectivity index (χ4v) is 1.70. The lowest BCUT2D eigenvalue weighted by molar-refractivity contribution is -0.143. The molecule has 3 atom stereocenters. The Bertz CT molecular complexity index is 417. The average molecular weight is 255 g/mol. The zero-order valence-corrected chi connectivity index (χ0v) is 9.91. The Labute approximate surface area is 102 Å². The molecular formula is C9H13N5O4. The Morgan fingerprint density at radius 1 is 1.39 bits per heavy atom. The highest BCUT2D eigenvalue weighted by Gasteiger charge is 2.45. The summed E-state index contributed by atoms with van der Waals surface area (Å²) >= 11 is 0. The second-order valence-corrected chi connectivity index (χ2v) is 3.79. The number of nitrogens with one attached hydrogen (secondary N) is 2. The van der Waals surface area contributed by atoms with E-state index in [1.165, 1.54) is 13.8 Å². The van der Waals surface area contributed by atoms with Gasteiger partial charge in [-0.3, -0.25) is 9.59 Å². The van der Waals surface area contributed by atoms with E-state index in [1.807, 2.05) is 0 Å². The van der Waals surface area contributed by atoms with E-state index in [2.05, 4.69) is 20.7 Å². The summed E-state index contributed by atoms with van der Waals surface area (Å²) in [6, 6.07) is -1.71. The molecule has 1 fully saturated rings. The summed E-state index contributed by atoms with van der Waals surface area (Å²) < 4.78 is 4.96. The minimum Gasteiger partial charge on any atom is -0.458 e. The van der Waals surface area contributed by atoms with Crippen LogP contribution in [0.2, 0.25) is 0 Å². The number of esters is 1. The first-order valence-electron chi connectivity index (χ1n) is 5.21. The summed E-state index contributed by atoms with van der Waals surface area (Å²) in [5.41, 5.74) is 8.23. The van der Waals surface area contributed by atoms with E-state index in [1.54, 1.807) is 0 Å².